The lowest BCUT2D eigenvalue weighted by Gasteiger charge is -2.32. The first kappa shape index (κ1) is 16.4. The number of nitrogens with one attached hydrogen (secondary N) is 1. The fourth-order valence-electron chi connectivity index (χ4n) is 2.54. The molecule has 0 radical (unpaired) electrons. The summed E-state index contributed by atoms with van der Waals surface area (Å²) in [5.74, 6) is 0. The highest BCUT2D eigenvalue weighted by molar-refractivity contribution is 7.89. The summed E-state index contributed by atoms with van der Waals surface area (Å²) in [7, 11) is -3.49. The van der Waals surface area contributed by atoms with E-state index in [2.05, 4.69) is 21.6 Å². The van der Waals surface area contributed by atoms with Gasteiger partial charge in [-0.25, -0.2) is 13.1 Å². The molecule has 1 saturated heterocycles. The molecule has 8 heteroatoms. The van der Waals surface area contributed by atoms with Gasteiger partial charge in [0.05, 0.1) is 12.7 Å². The molecule has 0 spiro atoms. The predicted molar refractivity (Wildman–Crippen MR) is 81.4 cm³/mol. The zero-order chi connectivity index (χ0) is 15.3. The van der Waals surface area contributed by atoms with Gasteiger partial charge in [0, 0.05) is 25.3 Å². The molecule has 1 atom stereocenters. The minimum absolute atomic E-state index is 0.196. The van der Waals surface area contributed by atoms with Crippen LogP contribution in [0.4, 0.5) is 0 Å². The maximum atomic E-state index is 12.2. The molecule has 0 saturated carbocycles. The summed E-state index contributed by atoms with van der Waals surface area (Å²) >= 11 is 0. The van der Waals surface area contributed by atoms with Gasteiger partial charge in [0.15, 0.2) is 0 Å². The lowest BCUT2D eigenvalue weighted by molar-refractivity contribution is 0.175. The SMILES string of the molecule is CC(CNS(=O)(=O)c1cnn(CCN)c1)N1CCCCC1. The highest BCUT2D eigenvalue weighted by atomic mass is 32.2. The second-order valence-electron chi connectivity index (χ2n) is 5.53. The largest absolute Gasteiger partial charge is 0.329 e. The molecule has 0 amide bonds. The Morgan fingerprint density at radius 1 is 1.38 bits per heavy atom. The second kappa shape index (κ2) is 7.35. The van der Waals surface area contributed by atoms with E-state index in [9.17, 15) is 8.42 Å². The Bertz CT molecular complexity index is 537. The van der Waals surface area contributed by atoms with Crippen LogP contribution >= 0.6 is 0 Å². The second-order valence-corrected chi connectivity index (χ2v) is 7.29. The fourth-order valence-corrected chi connectivity index (χ4v) is 3.61. The van der Waals surface area contributed by atoms with Gasteiger partial charge >= 0.3 is 0 Å². The Hall–Kier alpha value is -0.960. The van der Waals surface area contributed by atoms with Gasteiger partial charge in [0.2, 0.25) is 10.0 Å². The number of aromatic nitrogens is 2. The van der Waals surface area contributed by atoms with Crippen molar-refractivity contribution >= 4 is 10.0 Å². The Morgan fingerprint density at radius 2 is 2.10 bits per heavy atom. The van der Waals surface area contributed by atoms with E-state index in [1.807, 2.05) is 0 Å². The molecular weight excluding hydrogens is 290 g/mol. The number of hydrogen-bond donors (Lipinski definition) is 2. The zero-order valence-corrected chi connectivity index (χ0v) is 13.3. The van der Waals surface area contributed by atoms with Crippen LogP contribution in [0.1, 0.15) is 26.2 Å². The van der Waals surface area contributed by atoms with Crippen LogP contribution in [0.5, 0.6) is 0 Å². The van der Waals surface area contributed by atoms with Crippen LogP contribution in [-0.4, -0.2) is 55.3 Å². The minimum atomic E-state index is -3.49. The molecule has 1 aliphatic rings. The van der Waals surface area contributed by atoms with Crippen LogP contribution in [-0.2, 0) is 16.6 Å². The molecule has 1 unspecified atom stereocenters. The number of nitrogens with zero attached hydrogens (tertiary/aromatic N) is 3. The molecule has 2 rings (SSSR count). The Labute approximate surface area is 126 Å². The monoisotopic (exact) mass is 315 g/mol. The summed E-state index contributed by atoms with van der Waals surface area (Å²) in [6.07, 6.45) is 6.55. The van der Waals surface area contributed by atoms with Gasteiger partial charge in [-0.2, -0.15) is 5.10 Å². The first-order valence-electron chi connectivity index (χ1n) is 7.49. The van der Waals surface area contributed by atoms with Crippen LogP contribution in [0.3, 0.4) is 0 Å². The van der Waals surface area contributed by atoms with Gasteiger partial charge in [-0.05, 0) is 32.9 Å². The van der Waals surface area contributed by atoms with Crippen molar-refractivity contribution in [2.24, 2.45) is 5.73 Å². The van der Waals surface area contributed by atoms with Crippen molar-refractivity contribution in [3.63, 3.8) is 0 Å². The van der Waals surface area contributed by atoms with Crippen LogP contribution in [0.2, 0.25) is 0 Å². The van der Waals surface area contributed by atoms with Crippen molar-refractivity contribution < 1.29 is 8.42 Å². The quantitative estimate of drug-likeness (QED) is 0.738. The summed E-state index contributed by atoms with van der Waals surface area (Å²) in [6, 6.07) is 0.208. The number of hydrogen-bond acceptors (Lipinski definition) is 5. The average Bonchev–Trinajstić information content (AvgIpc) is 2.96. The van der Waals surface area contributed by atoms with Crippen molar-refractivity contribution in [2.45, 2.75) is 43.7 Å². The van der Waals surface area contributed by atoms with E-state index in [1.165, 1.54) is 31.7 Å². The van der Waals surface area contributed by atoms with Gasteiger partial charge in [-0.3, -0.25) is 9.58 Å². The van der Waals surface area contributed by atoms with Crippen molar-refractivity contribution in [3.8, 4) is 0 Å². The lowest BCUT2D eigenvalue weighted by Crippen LogP contribution is -2.44. The van der Waals surface area contributed by atoms with E-state index < -0.39 is 10.0 Å². The van der Waals surface area contributed by atoms with Crippen LogP contribution in [0.25, 0.3) is 0 Å². The lowest BCUT2D eigenvalue weighted by atomic mass is 10.1. The Balaban J connectivity index is 1.90. The smallest absolute Gasteiger partial charge is 0.243 e. The Morgan fingerprint density at radius 3 is 2.76 bits per heavy atom. The molecule has 1 aliphatic heterocycles. The van der Waals surface area contributed by atoms with Crippen LogP contribution in [0.15, 0.2) is 17.3 Å². The highest BCUT2D eigenvalue weighted by Gasteiger charge is 2.21. The van der Waals surface area contributed by atoms with E-state index in [-0.39, 0.29) is 10.9 Å². The zero-order valence-electron chi connectivity index (χ0n) is 12.5. The maximum absolute atomic E-state index is 12.2. The number of nitrogens with two attached hydrogens (primary N) is 1. The third-order valence-electron chi connectivity index (χ3n) is 3.86. The third-order valence-corrected chi connectivity index (χ3v) is 5.24. The molecule has 0 aromatic carbocycles. The molecule has 120 valence electrons. The molecule has 1 aromatic rings. The number of rotatable bonds is 7. The summed E-state index contributed by atoms with van der Waals surface area (Å²) in [4.78, 5) is 2.53. The van der Waals surface area contributed by atoms with E-state index in [1.54, 1.807) is 4.68 Å². The molecule has 21 heavy (non-hydrogen) atoms. The molecule has 0 bridgehead atoms. The number of likely N-dealkylation sites (tertiary alicyclic amines) is 1. The highest BCUT2D eigenvalue weighted by Crippen LogP contribution is 2.12. The summed E-state index contributed by atoms with van der Waals surface area (Å²) in [5.41, 5.74) is 5.43. The predicted octanol–water partition coefficient (Wildman–Crippen LogP) is -0.00550. The van der Waals surface area contributed by atoms with Gasteiger partial charge in [-0.1, -0.05) is 6.42 Å². The third kappa shape index (κ3) is 4.50. The van der Waals surface area contributed by atoms with Gasteiger partial charge in [-0.15, -0.1) is 0 Å². The normalized spacial score (nSPS) is 18.8. The summed E-state index contributed by atoms with van der Waals surface area (Å²) in [5, 5.41) is 4.00. The van der Waals surface area contributed by atoms with Gasteiger partial charge < -0.3 is 5.73 Å². The molecular formula is C13H25N5O2S. The Kier molecular flexibility index (Phi) is 5.74. The van der Waals surface area contributed by atoms with Crippen molar-refractivity contribution in [1.29, 1.82) is 0 Å². The molecule has 3 N–H and O–H groups in total. The first-order chi connectivity index (χ1) is 10.0. The molecule has 2 heterocycles. The van der Waals surface area contributed by atoms with Gasteiger partial charge in [0.1, 0.15) is 4.90 Å². The van der Waals surface area contributed by atoms with Crippen molar-refractivity contribution in [2.75, 3.05) is 26.2 Å². The van der Waals surface area contributed by atoms with Crippen molar-refractivity contribution in [3.05, 3.63) is 12.4 Å². The summed E-state index contributed by atoms with van der Waals surface area (Å²) in [6.45, 7) is 5.53. The molecule has 1 fully saturated rings. The van der Waals surface area contributed by atoms with Crippen molar-refractivity contribution in [1.82, 2.24) is 19.4 Å². The first-order valence-corrected chi connectivity index (χ1v) is 8.97. The van der Waals surface area contributed by atoms with Crippen LogP contribution in [0, 0.1) is 0 Å². The molecule has 1 aromatic heterocycles. The van der Waals surface area contributed by atoms with E-state index >= 15 is 0 Å². The molecule has 7 nitrogen and oxygen atoms in total. The number of piperidine rings is 1. The van der Waals surface area contributed by atoms with E-state index in [0.717, 1.165) is 13.1 Å². The van der Waals surface area contributed by atoms with E-state index in [0.29, 0.717) is 19.6 Å². The van der Waals surface area contributed by atoms with Crippen LogP contribution < -0.4 is 10.5 Å². The van der Waals surface area contributed by atoms with E-state index in [4.69, 9.17) is 5.73 Å². The maximum Gasteiger partial charge on any atom is 0.243 e. The summed E-state index contributed by atoms with van der Waals surface area (Å²) < 4.78 is 28.7. The average molecular weight is 315 g/mol. The minimum Gasteiger partial charge on any atom is -0.329 e. The molecule has 0 aliphatic carbocycles. The van der Waals surface area contributed by atoms with Gasteiger partial charge in [0.25, 0.3) is 0 Å². The number of sulfonamides is 1. The fraction of sp³-hybridized carbons (Fsp3) is 0.769. The topological polar surface area (TPSA) is 93.2 Å². The standard InChI is InChI=1S/C13H25N5O2S/c1-12(17-6-3-2-4-7-17)9-16-21(19,20)13-10-15-18(11-13)8-5-14/h10-12,16H,2-9,14H2,1H3.